The Morgan fingerprint density at radius 1 is 0.975 bits per heavy atom. The first-order chi connectivity index (χ1) is 18.9. The second-order valence-corrected chi connectivity index (χ2v) is 11.2. The number of alkyl carbamates (subject to hydrolysis) is 1. The molecular weight excluding hydrogens is 512 g/mol. The van der Waals surface area contributed by atoms with E-state index in [4.69, 9.17) is 10.5 Å². The zero-order chi connectivity index (χ0) is 30.1. The van der Waals surface area contributed by atoms with Crippen molar-refractivity contribution >= 4 is 23.8 Å². The van der Waals surface area contributed by atoms with Gasteiger partial charge in [0.15, 0.2) is 0 Å². The van der Waals surface area contributed by atoms with E-state index in [2.05, 4.69) is 24.5 Å². The summed E-state index contributed by atoms with van der Waals surface area (Å²) in [4.78, 5) is 53.5. The number of rotatable bonds is 18. The quantitative estimate of drug-likeness (QED) is 0.190. The van der Waals surface area contributed by atoms with Crippen LogP contribution in [0.3, 0.4) is 0 Å². The van der Waals surface area contributed by atoms with Gasteiger partial charge in [-0.3, -0.25) is 14.4 Å². The number of nitrogens with two attached hydrogens (primary N) is 1. The van der Waals surface area contributed by atoms with Crippen molar-refractivity contribution in [3.63, 3.8) is 0 Å². The van der Waals surface area contributed by atoms with Gasteiger partial charge >= 0.3 is 6.09 Å². The van der Waals surface area contributed by atoms with Crippen LogP contribution in [-0.4, -0.2) is 58.6 Å². The number of unbranched alkanes of at least 4 members (excludes halogenated alkanes) is 7. The van der Waals surface area contributed by atoms with Crippen LogP contribution in [0.1, 0.15) is 110 Å². The maximum atomic E-state index is 14.0. The van der Waals surface area contributed by atoms with Gasteiger partial charge in [-0.1, -0.05) is 70.9 Å². The van der Waals surface area contributed by atoms with Crippen LogP contribution in [0.2, 0.25) is 0 Å². The molecule has 40 heavy (non-hydrogen) atoms. The summed E-state index contributed by atoms with van der Waals surface area (Å²) in [6.45, 7) is 9.89. The minimum atomic E-state index is -1.33. The zero-order valence-electron chi connectivity index (χ0n) is 25.0. The Morgan fingerprint density at radius 2 is 1.60 bits per heavy atom. The number of nitrogens with zero attached hydrogens (tertiary/aromatic N) is 1. The summed E-state index contributed by atoms with van der Waals surface area (Å²) in [5.41, 5.74) is 5.04. The second kappa shape index (κ2) is 18.1. The summed E-state index contributed by atoms with van der Waals surface area (Å²) in [5.74, 6) is -1.87. The molecule has 0 saturated heterocycles. The summed E-state index contributed by atoms with van der Waals surface area (Å²) in [6, 6.07) is 3.78. The molecule has 0 aliphatic heterocycles. The number of carbonyl (C=O) groups is 4. The van der Waals surface area contributed by atoms with Crippen molar-refractivity contribution < 1.29 is 29.0 Å². The molecule has 2 atom stereocenters. The summed E-state index contributed by atoms with van der Waals surface area (Å²) < 4.78 is 5.31. The van der Waals surface area contributed by atoms with E-state index >= 15 is 0 Å². The van der Waals surface area contributed by atoms with E-state index in [9.17, 15) is 24.3 Å². The number of aromatic hydroxyl groups is 1. The number of ether oxygens (including phenoxy) is 1. The maximum Gasteiger partial charge on any atom is 0.408 e. The van der Waals surface area contributed by atoms with Crippen molar-refractivity contribution in [1.29, 1.82) is 0 Å². The lowest BCUT2D eigenvalue weighted by atomic mass is 10.0. The van der Waals surface area contributed by atoms with Gasteiger partial charge in [0.05, 0.1) is 6.42 Å². The van der Waals surface area contributed by atoms with Crippen molar-refractivity contribution in [1.82, 2.24) is 15.5 Å². The third-order valence-electron chi connectivity index (χ3n) is 6.26. The van der Waals surface area contributed by atoms with Crippen molar-refractivity contribution in [2.75, 3.05) is 13.1 Å². The van der Waals surface area contributed by atoms with Crippen molar-refractivity contribution in [2.45, 2.75) is 117 Å². The smallest absolute Gasteiger partial charge is 0.408 e. The van der Waals surface area contributed by atoms with Gasteiger partial charge in [-0.05, 0) is 51.3 Å². The molecule has 0 fully saturated rings. The molecule has 0 saturated carbocycles. The standard InChI is InChI=1S/C30H50N4O6/c1-6-8-10-11-12-14-19-34(28(38)24(21-25(31)36)33-29(39)40-30(3,4)5)26(22-16-15-17-23(35)20-22)27(37)32-18-13-9-7-2/h15-17,20,24,26,35H,6-14,18-19,21H2,1-5H3,(H2,31,36)(H,32,37)(H,33,39). The number of amides is 4. The van der Waals surface area contributed by atoms with E-state index in [1.54, 1.807) is 32.9 Å². The lowest BCUT2D eigenvalue weighted by Gasteiger charge is -2.34. The molecule has 1 rings (SSSR count). The molecule has 2 unspecified atom stereocenters. The van der Waals surface area contributed by atoms with Crippen LogP contribution in [0.4, 0.5) is 4.79 Å². The fourth-order valence-corrected chi connectivity index (χ4v) is 4.33. The highest BCUT2D eigenvalue weighted by molar-refractivity contribution is 5.94. The SMILES string of the molecule is CCCCCCCCN(C(=O)C(CC(N)=O)NC(=O)OC(C)(C)C)C(C(=O)NCCCCC)c1cccc(O)c1. The first kappa shape index (κ1) is 34.7. The van der Waals surface area contributed by atoms with Crippen molar-refractivity contribution in [3.05, 3.63) is 29.8 Å². The molecule has 1 aromatic carbocycles. The average molecular weight is 563 g/mol. The van der Waals surface area contributed by atoms with E-state index in [-0.39, 0.29) is 12.3 Å². The van der Waals surface area contributed by atoms with Gasteiger partial charge in [0, 0.05) is 13.1 Å². The normalized spacial score (nSPS) is 12.7. The Kier molecular flexibility index (Phi) is 15.7. The number of hydrogen-bond donors (Lipinski definition) is 4. The summed E-state index contributed by atoms with van der Waals surface area (Å²) in [7, 11) is 0. The predicted octanol–water partition coefficient (Wildman–Crippen LogP) is 4.70. The van der Waals surface area contributed by atoms with Crippen LogP contribution in [0.25, 0.3) is 0 Å². The number of carbonyl (C=O) groups excluding carboxylic acids is 4. The minimum absolute atomic E-state index is 0.0474. The molecule has 5 N–H and O–H groups in total. The van der Waals surface area contributed by atoms with Crippen LogP contribution in [0, 0.1) is 0 Å². The Hall–Kier alpha value is -3.30. The predicted molar refractivity (Wildman–Crippen MR) is 155 cm³/mol. The molecular formula is C30H50N4O6. The molecule has 0 spiro atoms. The number of benzene rings is 1. The second-order valence-electron chi connectivity index (χ2n) is 11.2. The average Bonchev–Trinajstić information content (AvgIpc) is 2.85. The number of phenols is 1. The zero-order valence-corrected chi connectivity index (χ0v) is 25.0. The van der Waals surface area contributed by atoms with Gasteiger partial charge in [0.25, 0.3) is 0 Å². The first-order valence-corrected chi connectivity index (χ1v) is 14.5. The topological polar surface area (TPSA) is 151 Å². The van der Waals surface area contributed by atoms with Crippen LogP contribution in [0.15, 0.2) is 24.3 Å². The fraction of sp³-hybridized carbons (Fsp3) is 0.667. The largest absolute Gasteiger partial charge is 0.508 e. The monoisotopic (exact) mass is 562 g/mol. The van der Waals surface area contributed by atoms with Crippen molar-refractivity contribution in [3.8, 4) is 5.75 Å². The Bertz CT molecular complexity index is 946. The van der Waals surface area contributed by atoms with Gasteiger partial charge in [-0.25, -0.2) is 4.79 Å². The maximum absolute atomic E-state index is 14.0. The number of primary amides is 1. The summed E-state index contributed by atoms with van der Waals surface area (Å²) >= 11 is 0. The van der Waals surface area contributed by atoms with Gasteiger partial charge in [-0.2, -0.15) is 0 Å². The van der Waals surface area contributed by atoms with E-state index in [1.165, 1.54) is 17.0 Å². The third-order valence-corrected chi connectivity index (χ3v) is 6.26. The van der Waals surface area contributed by atoms with E-state index in [1.807, 2.05) is 0 Å². The third kappa shape index (κ3) is 13.7. The van der Waals surface area contributed by atoms with Crippen LogP contribution >= 0.6 is 0 Å². The number of hydrogen-bond acceptors (Lipinski definition) is 6. The molecule has 0 aliphatic rings. The van der Waals surface area contributed by atoms with Crippen LogP contribution < -0.4 is 16.4 Å². The molecule has 0 bridgehead atoms. The lowest BCUT2D eigenvalue weighted by Crippen LogP contribution is -2.54. The van der Waals surface area contributed by atoms with Gasteiger partial charge in [-0.15, -0.1) is 0 Å². The molecule has 0 radical (unpaired) electrons. The van der Waals surface area contributed by atoms with Gasteiger partial charge in [0.1, 0.15) is 23.4 Å². The summed E-state index contributed by atoms with van der Waals surface area (Å²) in [6.07, 6.45) is 7.11. The Labute approximate surface area is 239 Å². The van der Waals surface area contributed by atoms with Crippen LogP contribution in [-0.2, 0) is 19.1 Å². The lowest BCUT2D eigenvalue weighted by molar-refractivity contribution is -0.143. The highest BCUT2D eigenvalue weighted by Crippen LogP contribution is 2.27. The molecule has 1 aromatic rings. The Morgan fingerprint density at radius 3 is 2.20 bits per heavy atom. The van der Waals surface area contributed by atoms with Crippen LogP contribution in [0.5, 0.6) is 5.75 Å². The minimum Gasteiger partial charge on any atom is -0.508 e. The highest BCUT2D eigenvalue weighted by Gasteiger charge is 2.36. The molecule has 4 amide bonds. The number of nitrogens with one attached hydrogen (secondary N) is 2. The first-order valence-electron chi connectivity index (χ1n) is 14.5. The highest BCUT2D eigenvalue weighted by atomic mass is 16.6. The van der Waals surface area contributed by atoms with Gasteiger partial charge < -0.3 is 31.1 Å². The summed E-state index contributed by atoms with van der Waals surface area (Å²) in [5, 5.41) is 15.6. The van der Waals surface area contributed by atoms with E-state index in [0.29, 0.717) is 18.5 Å². The van der Waals surface area contributed by atoms with E-state index < -0.39 is 47.9 Å². The molecule has 226 valence electrons. The van der Waals surface area contributed by atoms with Gasteiger partial charge in [0.2, 0.25) is 17.7 Å². The van der Waals surface area contributed by atoms with Crippen molar-refractivity contribution in [2.24, 2.45) is 5.73 Å². The molecule has 0 aromatic heterocycles. The molecule has 10 nitrogen and oxygen atoms in total. The van der Waals surface area contributed by atoms with E-state index in [0.717, 1.165) is 51.4 Å². The fourth-order valence-electron chi connectivity index (χ4n) is 4.33. The molecule has 0 heterocycles. The Balaban J connectivity index is 3.40. The number of phenolic OH excluding ortho intramolecular Hbond substituents is 1. The molecule has 10 heteroatoms. The molecule has 0 aliphatic carbocycles.